The van der Waals surface area contributed by atoms with Gasteiger partial charge in [0.1, 0.15) is 11.2 Å². The van der Waals surface area contributed by atoms with Crippen molar-refractivity contribution in [3.63, 3.8) is 0 Å². The molecule has 2 heterocycles. The zero-order valence-electron chi connectivity index (χ0n) is 12.1. The molecule has 2 unspecified atom stereocenters. The minimum Gasteiger partial charge on any atom is -0.323 e. The van der Waals surface area contributed by atoms with Gasteiger partial charge in [-0.05, 0) is 30.5 Å². The Balaban J connectivity index is 1.64. The molecule has 2 aromatic rings. The van der Waals surface area contributed by atoms with E-state index in [0.717, 1.165) is 11.1 Å². The van der Waals surface area contributed by atoms with E-state index in [4.69, 9.17) is 11.6 Å². The molecular weight excluding hydrogens is 300 g/mol. The molecule has 1 aromatic carbocycles. The van der Waals surface area contributed by atoms with E-state index in [9.17, 15) is 4.79 Å². The first-order valence-corrected chi connectivity index (χ1v) is 7.50. The van der Waals surface area contributed by atoms with Crippen molar-refractivity contribution in [3.05, 3.63) is 58.9 Å². The zero-order valence-corrected chi connectivity index (χ0v) is 12.9. The van der Waals surface area contributed by atoms with Gasteiger partial charge in [-0.2, -0.15) is 0 Å². The molecule has 1 amide bonds. The summed E-state index contributed by atoms with van der Waals surface area (Å²) in [6.07, 6.45) is 2.27. The maximum absolute atomic E-state index is 12.4. The molecule has 3 rings (SSSR count). The third-order valence-corrected chi connectivity index (χ3v) is 3.96. The molecule has 3 N–H and O–H groups in total. The summed E-state index contributed by atoms with van der Waals surface area (Å²) in [4.78, 5) is 16.4. The Hall–Kier alpha value is -1.95. The molecule has 0 bridgehead atoms. The van der Waals surface area contributed by atoms with Gasteiger partial charge in [0.15, 0.2) is 0 Å². The number of carbonyl (C=O) groups excluding carboxylic acids is 1. The lowest BCUT2D eigenvalue weighted by molar-refractivity contribution is -0.117. The topological polar surface area (TPSA) is 66.0 Å². The number of nitrogens with zero attached hydrogens (tertiary/aromatic N) is 1. The number of hydrogen-bond donors (Lipinski definition) is 3. The molecule has 1 aromatic heterocycles. The Kier molecular flexibility index (Phi) is 4.38. The number of nitrogens with one attached hydrogen (secondary N) is 3. The summed E-state index contributed by atoms with van der Waals surface area (Å²) in [6.45, 7) is 1.89. The number of benzene rings is 1. The summed E-state index contributed by atoms with van der Waals surface area (Å²) in [5.74, 6) is -0.0850. The predicted octanol–water partition coefficient (Wildman–Crippen LogP) is 2.59. The van der Waals surface area contributed by atoms with Crippen LogP contribution in [0.25, 0.3) is 0 Å². The number of hydrazine groups is 1. The van der Waals surface area contributed by atoms with Gasteiger partial charge in [0, 0.05) is 6.04 Å². The van der Waals surface area contributed by atoms with Gasteiger partial charge in [0.05, 0.1) is 11.9 Å². The Morgan fingerprint density at radius 2 is 2.09 bits per heavy atom. The van der Waals surface area contributed by atoms with Gasteiger partial charge in [-0.15, -0.1) is 0 Å². The van der Waals surface area contributed by atoms with E-state index in [2.05, 4.69) is 21.2 Å². The second-order valence-corrected chi connectivity index (χ2v) is 5.74. The monoisotopic (exact) mass is 316 g/mol. The van der Waals surface area contributed by atoms with E-state index in [1.807, 2.05) is 37.3 Å². The minimum atomic E-state index is -0.291. The van der Waals surface area contributed by atoms with Crippen molar-refractivity contribution in [1.82, 2.24) is 15.8 Å². The van der Waals surface area contributed by atoms with Crippen LogP contribution in [0.4, 0.5) is 5.69 Å². The summed E-state index contributed by atoms with van der Waals surface area (Å²) >= 11 is 5.82. The van der Waals surface area contributed by atoms with Crippen LogP contribution in [0.3, 0.4) is 0 Å². The first kappa shape index (κ1) is 15.0. The molecule has 0 aliphatic carbocycles. The highest BCUT2D eigenvalue weighted by Gasteiger charge is 2.30. The van der Waals surface area contributed by atoms with E-state index in [0.29, 0.717) is 17.3 Å². The number of rotatable bonds is 3. The van der Waals surface area contributed by atoms with Crippen LogP contribution in [0.5, 0.6) is 0 Å². The predicted molar refractivity (Wildman–Crippen MR) is 86.5 cm³/mol. The van der Waals surface area contributed by atoms with E-state index in [1.54, 1.807) is 12.3 Å². The van der Waals surface area contributed by atoms with Gasteiger partial charge in [0.2, 0.25) is 5.91 Å². The van der Waals surface area contributed by atoms with Crippen molar-refractivity contribution in [2.24, 2.45) is 0 Å². The number of halogens is 1. The van der Waals surface area contributed by atoms with Crippen LogP contribution in [-0.4, -0.2) is 16.9 Å². The van der Waals surface area contributed by atoms with Crippen molar-refractivity contribution in [1.29, 1.82) is 0 Å². The average molecular weight is 317 g/mol. The molecule has 1 fully saturated rings. The number of aryl methyl sites for hydroxylation is 1. The largest absolute Gasteiger partial charge is 0.323 e. The molecule has 0 radical (unpaired) electrons. The second kappa shape index (κ2) is 6.44. The molecule has 114 valence electrons. The molecule has 1 saturated heterocycles. The van der Waals surface area contributed by atoms with E-state index in [1.165, 1.54) is 0 Å². The molecule has 22 heavy (non-hydrogen) atoms. The van der Waals surface area contributed by atoms with Gasteiger partial charge in [-0.1, -0.05) is 41.9 Å². The fourth-order valence-electron chi connectivity index (χ4n) is 2.50. The zero-order chi connectivity index (χ0) is 15.5. The van der Waals surface area contributed by atoms with Gasteiger partial charge >= 0.3 is 0 Å². The van der Waals surface area contributed by atoms with Crippen molar-refractivity contribution >= 4 is 23.2 Å². The van der Waals surface area contributed by atoms with Crippen LogP contribution in [0, 0.1) is 6.92 Å². The SMILES string of the molecule is Cc1cc(Cl)ncc1NC(=O)C1CC(c2ccccc2)NN1. The number of aromatic nitrogens is 1. The Morgan fingerprint density at radius 3 is 2.82 bits per heavy atom. The quantitative estimate of drug-likeness (QED) is 0.762. The van der Waals surface area contributed by atoms with Gasteiger partial charge in [0.25, 0.3) is 0 Å². The third-order valence-electron chi connectivity index (χ3n) is 3.76. The highest BCUT2D eigenvalue weighted by molar-refractivity contribution is 6.29. The maximum Gasteiger partial charge on any atom is 0.242 e. The van der Waals surface area contributed by atoms with E-state index in [-0.39, 0.29) is 18.0 Å². The summed E-state index contributed by atoms with van der Waals surface area (Å²) in [6, 6.07) is 11.6. The van der Waals surface area contributed by atoms with E-state index >= 15 is 0 Å². The van der Waals surface area contributed by atoms with E-state index < -0.39 is 0 Å². The number of carbonyl (C=O) groups is 1. The number of pyridine rings is 1. The standard InChI is InChI=1S/C16H17ClN4O/c1-10-7-15(17)18-9-14(10)19-16(22)13-8-12(20-21-13)11-5-3-2-4-6-11/h2-7,9,12-13,20-21H,8H2,1H3,(H,19,22). The van der Waals surface area contributed by atoms with Crippen LogP contribution in [-0.2, 0) is 4.79 Å². The molecule has 1 aliphatic rings. The minimum absolute atomic E-state index is 0.0850. The smallest absolute Gasteiger partial charge is 0.242 e. The third kappa shape index (κ3) is 3.27. The lowest BCUT2D eigenvalue weighted by Crippen LogP contribution is -2.39. The maximum atomic E-state index is 12.4. The molecule has 6 heteroatoms. The Labute approximate surface area is 134 Å². The van der Waals surface area contributed by atoms with Crippen LogP contribution >= 0.6 is 11.6 Å². The highest BCUT2D eigenvalue weighted by Crippen LogP contribution is 2.23. The first-order chi connectivity index (χ1) is 10.6. The number of anilines is 1. The lowest BCUT2D eigenvalue weighted by Gasteiger charge is -2.12. The van der Waals surface area contributed by atoms with Crippen molar-refractivity contribution in [2.45, 2.75) is 25.4 Å². The fraction of sp³-hybridized carbons (Fsp3) is 0.250. The van der Waals surface area contributed by atoms with Crippen molar-refractivity contribution in [3.8, 4) is 0 Å². The fourth-order valence-corrected chi connectivity index (χ4v) is 2.72. The van der Waals surface area contributed by atoms with Crippen LogP contribution in [0.1, 0.15) is 23.6 Å². The molecule has 2 atom stereocenters. The average Bonchev–Trinajstić information content (AvgIpc) is 3.01. The lowest BCUT2D eigenvalue weighted by atomic mass is 10.0. The first-order valence-electron chi connectivity index (χ1n) is 7.12. The molecule has 0 spiro atoms. The molecule has 5 nitrogen and oxygen atoms in total. The summed E-state index contributed by atoms with van der Waals surface area (Å²) in [5.41, 5.74) is 8.94. The van der Waals surface area contributed by atoms with Gasteiger partial charge < -0.3 is 5.32 Å². The number of amides is 1. The summed E-state index contributed by atoms with van der Waals surface area (Å²) < 4.78 is 0. The van der Waals surface area contributed by atoms with Crippen LogP contribution < -0.4 is 16.2 Å². The highest BCUT2D eigenvalue weighted by atomic mass is 35.5. The van der Waals surface area contributed by atoms with Crippen LogP contribution in [0.2, 0.25) is 5.15 Å². The normalized spacial score (nSPS) is 20.8. The summed E-state index contributed by atoms with van der Waals surface area (Å²) in [5, 5.41) is 3.31. The number of hydrogen-bond acceptors (Lipinski definition) is 4. The van der Waals surface area contributed by atoms with Crippen molar-refractivity contribution < 1.29 is 4.79 Å². The Morgan fingerprint density at radius 1 is 1.32 bits per heavy atom. The second-order valence-electron chi connectivity index (χ2n) is 5.35. The van der Waals surface area contributed by atoms with Crippen LogP contribution in [0.15, 0.2) is 42.6 Å². The molecule has 1 aliphatic heterocycles. The Bertz CT molecular complexity index is 677. The summed E-state index contributed by atoms with van der Waals surface area (Å²) in [7, 11) is 0. The van der Waals surface area contributed by atoms with Gasteiger partial charge in [-0.3, -0.25) is 4.79 Å². The van der Waals surface area contributed by atoms with Gasteiger partial charge in [-0.25, -0.2) is 15.8 Å². The van der Waals surface area contributed by atoms with Crippen molar-refractivity contribution in [2.75, 3.05) is 5.32 Å². The molecular formula is C16H17ClN4O. The molecule has 0 saturated carbocycles.